The van der Waals surface area contributed by atoms with Crippen molar-refractivity contribution < 1.29 is 5.21 Å². The molecule has 1 aliphatic rings. The molecule has 0 aromatic rings. The molecule has 15 heavy (non-hydrogen) atoms. The monoisotopic (exact) mass is 211 g/mol. The van der Waals surface area contributed by atoms with Gasteiger partial charge in [0.25, 0.3) is 0 Å². The van der Waals surface area contributed by atoms with Crippen molar-refractivity contribution in [1.29, 1.82) is 0 Å². The van der Waals surface area contributed by atoms with Gasteiger partial charge in [-0.2, -0.15) is 0 Å². The highest BCUT2D eigenvalue weighted by Crippen LogP contribution is 2.28. The second kappa shape index (κ2) is 7.02. The Hall–Kier alpha value is -0.340. The van der Waals surface area contributed by atoms with Gasteiger partial charge in [0.15, 0.2) is 0 Å². The Morgan fingerprint density at radius 2 is 2.27 bits per heavy atom. The summed E-state index contributed by atoms with van der Waals surface area (Å²) >= 11 is 0. The predicted octanol–water partition coefficient (Wildman–Crippen LogP) is 3.52. The number of hydroxylamine groups is 1. The molecule has 0 aromatic heterocycles. The summed E-state index contributed by atoms with van der Waals surface area (Å²) in [4.78, 5) is 0. The van der Waals surface area contributed by atoms with Gasteiger partial charge in [-0.3, -0.25) is 0 Å². The molecule has 0 saturated carbocycles. The zero-order chi connectivity index (χ0) is 11.1. The number of nitrogens with one attached hydrogen (secondary N) is 1. The highest BCUT2D eigenvalue weighted by molar-refractivity contribution is 4.96. The normalized spacial score (nSPS) is 27.9. The van der Waals surface area contributed by atoms with Gasteiger partial charge in [0.2, 0.25) is 0 Å². The fourth-order valence-corrected chi connectivity index (χ4v) is 2.43. The third kappa shape index (κ3) is 4.35. The van der Waals surface area contributed by atoms with Crippen molar-refractivity contribution in [2.45, 2.75) is 58.4 Å². The summed E-state index contributed by atoms with van der Waals surface area (Å²) in [6.45, 7) is 4.50. The lowest BCUT2D eigenvalue weighted by molar-refractivity contribution is 0.112. The van der Waals surface area contributed by atoms with Crippen molar-refractivity contribution in [2.24, 2.45) is 11.8 Å². The highest BCUT2D eigenvalue weighted by atomic mass is 16.5. The van der Waals surface area contributed by atoms with Crippen molar-refractivity contribution in [3.8, 4) is 0 Å². The van der Waals surface area contributed by atoms with E-state index in [-0.39, 0.29) is 6.04 Å². The minimum Gasteiger partial charge on any atom is -0.317 e. The van der Waals surface area contributed by atoms with Gasteiger partial charge in [0, 0.05) is 6.04 Å². The van der Waals surface area contributed by atoms with E-state index in [1.54, 1.807) is 0 Å². The van der Waals surface area contributed by atoms with Gasteiger partial charge in [-0.25, -0.2) is 5.48 Å². The maximum Gasteiger partial charge on any atom is 0.0319 e. The molecule has 0 radical (unpaired) electrons. The van der Waals surface area contributed by atoms with E-state index in [1.165, 1.54) is 19.3 Å². The van der Waals surface area contributed by atoms with E-state index in [1.807, 2.05) is 0 Å². The highest BCUT2D eigenvalue weighted by Gasteiger charge is 2.18. The van der Waals surface area contributed by atoms with E-state index >= 15 is 0 Å². The third-order valence-electron chi connectivity index (χ3n) is 3.57. The van der Waals surface area contributed by atoms with Crippen molar-refractivity contribution >= 4 is 0 Å². The molecule has 0 amide bonds. The van der Waals surface area contributed by atoms with Gasteiger partial charge in [-0.1, -0.05) is 32.4 Å². The summed E-state index contributed by atoms with van der Waals surface area (Å²) in [7, 11) is 0. The summed E-state index contributed by atoms with van der Waals surface area (Å²) in [5.74, 6) is 1.54. The van der Waals surface area contributed by atoms with Crippen LogP contribution in [0.4, 0.5) is 0 Å². The van der Waals surface area contributed by atoms with Crippen molar-refractivity contribution in [2.75, 3.05) is 0 Å². The van der Waals surface area contributed by atoms with Crippen LogP contribution in [0.2, 0.25) is 0 Å². The second-order valence-electron chi connectivity index (χ2n) is 4.84. The average Bonchev–Trinajstić information content (AvgIpc) is 2.26. The largest absolute Gasteiger partial charge is 0.317 e. The van der Waals surface area contributed by atoms with Crippen molar-refractivity contribution in [1.82, 2.24) is 5.48 Å². The SMILES string of the molecule is CCC[C@H](CC[C@@H]1C=CCC[C@H]1C)NO. The zero-order valence-corrected chi connectivity index (χ0v) is 10.1. The minimum atomic E-state index is 0.289. The average molecular weight is 211 g/mol. The van der Waals surface area contributed by atoms with Crippen LogP contribution in [-0.4, -0.2) is 11.2 Å². The van der Waals surface area contributed by atoms with Gasteiger partial charge >= 0.3 is 0 Å². The molecule has 0 saturated heterocycles. The van der Waals surface area contributed by atoms with Crippen LogP contribution >= 0.6 is 0 Å². The molecule has 0 heterocycles. The summed E-state index contributed by atoms with van der Waals surface area (Å²) in [6.07, 6.45) is 11.7. The third-order valence-corrected chi connectivity index (χ3v) is 3.57. The molecular formula is C13H25NO. The van der Waals surface area contributed by atoms with E-state index in [9.17, 15) is 0 Å². The Morgan fingerprint density at radius 3 is 2.87 bits per heavy atom. The number of rotatable bonds is 6. The van der Waals surface area contributed by atoms with Gasteiger partial charge in [-0.05, 0) is 43.9 Å². The van der Waals surface area contributed by atoms with E-state index in [0.717, 1.165) is 31.1 Å². The number of hydrogen-bond acceptors (Lipinski definition) is 2. The molecule has 2 heteroatoms. The first kappa shape index (κ1) is 12.7. The topological polar surface area (TPSA) is 32.3 Å². The van der Waals surface area contributed by atoms with Crippen LogP contribution < -0.4 is 5.48 Å². The molecule has 88 valence electrons. The fraction of sp³-hybridized carbons (Fsp3) is 0.846. The van der Waals surface area contributed by atoms with E-state index in [2.05, 4.69) is 31.5 Å². The van der Waals surface area contributed by atoms with E-state index in [4.69, 9.17) is 5.21 Å². The molecule has 3 atom stereocenters. The van der Waals surface area contributed by atoms with Gasteiger partial charge in [-0.15, -0.1) is 0 Å². The molecule has 0 spiro atoms. The van der Waals surface area contributed by atoms with Crippen LogP contribution in [0.5, 0.6) is 0 Å². The second-order valence-corrected chi connectivity index (χ2v) is 4.84. The first-order valence-electron chi connectivity index (χ1n) is 6.34. The molecule has 0 unspecified atom stereocenters. The minimum absolute atomic E-state index is 0.289. The Balaban J connectivity index is 2.27. The molecule has 0 aromatic carbocycles. The molecule has 1 aliphatic carbocycles. The number of allylic oxidation sites excluding steroid dienone is 2. The molecule has 1 rings (SSSR count). The molecule has 2 nitrogen and oxygen atoms in total. The van der Waals surface area contributed by atoms with Gasteiger partial charge in [0.05, 0.1) is 0 Å². The number of hydrogen-bond donors (Lipinski definition) is 2. The lowest BCUT2D eigenvalue weighted by Crippen LogP contribution is -2.27. The van der Waals surface area contributed by atoms with Crippen molar-refractivity contribution in [3.05, 3.63) is 12.2 Å². The van der Waals surface area contributed by atoms with E-state index < -0.39 is 0 Å². The first-order valence-corrected chi connectivity index (χ1v) is 6.34. The molecule has 2 N–H and O–H groups in total. The summed E-state index contributed by atoms with van der Waals surface area (Å²) < 4.78 is 0. The van der Waals surface area contributed by atoms with Gasteiger partial charge < -0.3 is 5.21 Å². The first-order chi connectivity index (χ1) is 7.27. The zero-order valence-electron chi connectivity index (χ0n) is 10.1. The standard InChI is InChI=1S/C13H25NO/c1-3-6-13(14-15)10-9-12-8-5-4-7-11(12)2/h5,8,11-15H,3-4,6-7,9-10H2,1-2H3/t11-,12+,13-/m1/s1. The molecule has 0 fully saturated rings. The van der Waals surface area contributed by atoms with Crippen LogP contribution in [0.15, 0.2) is 12.2 Å². The van der Waals surface area contributed by atoms with Gasteiger partial charge in [0.1, 0.15) is 0 Å². The lowest BCUT2D eigenvalue weighted by Gasteiger charge is -2.25. The fourth-order valence-electron chi connectivity index (χ4n) is 2.43. The Morgan fingerprint density at radius 1 is 1.47 bits per heavy atom. The quantitative estimate of drug-likeness (QED) is 0.520. The Bertz CT molecular complexity index is 191. The smallest absolute Gasteiger partial charge is 0.0319 e. The van der Waals surface area contributed by atoms with Crippen LogP contribution in [0, 0.1) is 11.8 Å². The van der Waals surface area contributed by atoms with Crippen LogP contribution in [-0.2, 0) is 0 Å². The Labute approximate surface area is 93.7 Å². The molecule has 0 aliphatic heterocycles. The van der Waals surface area contributed by atoms with Crippen LogP contribution in [0.1, 0.15) is 52.4 Å². The molecular weight excluding hydrogens is 186 g/mol. The summed E-state index contributed by atoms with van der Waals surface area (Å²) in [5, 5.41) is 8.98. The van der Waals surface area contributed by atoms with Crippen molar-refractivity contribution in [3.63, 3.8) is 0 Å². The maximum atomic E-state index is 8.98. The van der Waals surface area contributed by atoms with E-state index in [0.29, 0.717) is 0 Å². The summed E-state index contributed by atoms with van der Waals surface area (Å²) in [6, 6.07) is 0.289. The molecule has 0 bridgehead atoms. The predicted molar refractivity (Wildman–Crippen MR) is 63.9 cm³/mol. The summed E-state index contributed by atoms with van der Waals surface area (Å²) in [5.41, 5.74) is 2.43. The maximum absolute atomic E-state index is 8.98. The van der Waals surface area contributed by atoms with Crippen LogP contribution in [0.25, 0.3) is 0 Å². The Kier molecular flexibility index (Phi) is 5.96. The lowest BCUT2D eigenvalue weighted by atomic mass is 9.81. The van der Waals surface area contributed by atoms with Crippen LogP contribution in [0.3, 0.4) is 0 Å².